The van der Waals surface area contributed by atoms with Crippen molar-refractivity contribution in [2.24, 2.45) is 0 Å². The van der Waals surface area contributed by atoms with E-state index in [1.54, 1.807) is 24.9 Å². The Labute approximate surface area is 187 Å². The number of aromatic amines is 1. The Hall–Kier alpha value is -4.05. The number of H-pyrrole nitrogens is 1. The van der Waals surface area contributed by atoms with E-state index in [2.05, 4.69) is 35.7 Å². The lowest BCUT2D eigenvalue weighted by molar-refractivity contribution is 0.102. The largest absolute Gasteiger partial charge is 0.321 e. The van der Waals surface area contributed by atoms with Crippen molar-refractivity contribution in [1.82, 2.24) is 35.2 Å². The highest BCUT2D eigenvalue weighted by molar-refractivity contribution is 7.98. The van der Waals surface area contributed by atoms with Gasteiger partial charge in [0.2, 0.25) is 0 Å². The van der Waals surface area contributed by atoms with Gasteiger partial charge in [-0.25, -0.2) is 9.97 Å². The average molecular weight is 443 g/mol. The van der Waals surface area contributed by atoms with Crippen molar-refractivity contribution in [2.75, 3.05) is 5.32 Å². The van der Waals surface area contributed by atoms with E-state index in [1.165, 1.54) is 11.1 Å². The molecule has 3 aromatic heterocycles. The van der Waals surface area contributed by atoms with Crippen LogP contribution in [0.4, 0.5) is 5.69 Å². The number of thioether (sulfide) groups is 1. The molecule has 3 heterocycles. The molecule has 9 nitrogen and oxygen atoms in total. The molecule has 0 saturated heterocycles. The van der Waals surface area contributed by atoms with E-state index in [-0.39, 0.29) is 11.6 Å². The molecule has 10 heteroatoms. The summed E-state index contributed by atoms with van der Waals surface area (Å²) in [4.78, 5) is 22.8. The number of rotatable bonds is 6. The lowest BCUT2D eigenvalue weighted by atomic mass is 10.2. The van der Waals surface area contributed by atoms with Crippen LogP contribution in [0.2, 0.25) is 0 Å². The molecule has 0 saturated carbocycles. The molecule has 0 atom stereocenters. The van der Waals surface area contributed by atoms with Crippen molar-refractivity contribution in [3.8, 4) is 5.69 Å². The molecule has 2 N–H and O–H groups in total. The van der Waals surface area contributed by atoms with Gasteiger partial charge in [0.1, 0.15) is 11.4 Å². The third-order valence-corrected chi connectivity index (χ3v) is 5.83. The normalized spacial score (nSPS) is 11.0. The summed E-state index contributed by atoms with van der Waals surface area (Å²) in [5.41, 5.74) is 4.10. The number of amides is 1. The molecule has 158 valence electrons. The fourth-order valence-corrected chi connectivity index (χ4v) is 4.11. The van der Waals surface area contributed by atoms with Gasteiger partial charge in [-0.1, -0.05) is 30.3 Å². The number of aryl methyl sites for hydroxylation is 1. The van der Waals surface area contributed by atoms with Crippen LogP contribution in [0.25, 0.3) is 16.7 Å². The van der Waals surface area contributed by atoms with Crippen molar-refractivity contribution < 1.29 is 4.79 Å². The predicted molar refractivity (Wildman–Crippen MR) is 122 cm³/mol. The van der Waals surface area contributed by atoms with Crippen LogP contribution < -0.4 is 5.32 Å². The van der Waals surface area contributed by atoms with Crippen LogP contribution >= 0.6 is 11.8 Å². The zero-order valence-electron chi connectivity index (χ0n) is 17.1. The molecule has 2 aromatic carbocycles. The van der Waals surface area contributed by atoms with Crippen LogP contribution in [0.15, 0.2) is 72.1 Å². The quantitative estimate of drug-likeness (QED) is 0.304. The van der Waals surface area contributed by atoms with Gasteiger partial charge in [0, 0.05) is 11.4 Å². The van der Waals surface area contributed by atoms with Crippen molar-refractivity contribution >= 4 is 34.4 Å². The van der Waals surface area contributed by atoms with Crippen molar-refractivity contribution in [3.05, 3.63) is 84.1 Å². The standard InChI is InChI=1S/C22H18N8OS/c1-14-19(29-30(28-14)17-8-3-2-4-9-17)21(31)26-16-7-5-6-15(10-16)12-32-22-18-11-25-27-20(18)23-13-24-22/h2-11,13H,12H2,1H3,(H,26,31)(H,23,24,25,27). The van der Waals surface area contributed by atoms with Crippen LogP contribution in [-0.2, 0) is 5.75 Å². The predicted octanol–water partition coefficient (Wildman–Crippen LogP) is 3.79. The minimum Gasteiger partial charge on any atom is -0.321 e. The Morgan fingerprint density at radius 3 is 2.84 bits per heavy atom. The maximum atomic E-state index is 12.8. The number of aromatic nitrogens is 7. The highest BCUT2D eigenvalue weighted by atomic mass is 32.2. The van der Waals surface area contributed by atoms with Crippen LogP contribution in [0.3, 0.4) is 0 Å². The Balaban J connectivity index is 1.29. The number of hydrogen-bond acceptors (Lipinski definition) is 7. The number of benzene rings is 2. The Bertz CT molecular complexity index is 1400. The first-order valence-electron chi connectivity index (χ1n) is 9.84. The Kier molecular flexibility index (Phi) is 5.34. The molecule has 0 aliphatic rings. The first-order valence-corrected chi connectivity index (χ1v) is 10.8. The first kappa shape index (κ1) is 19.9. The van der Waals surface area contributed by atoms with Gasteiger partial charge in [-0.3, -0.25) is 9.89 Å². The molecule has 5 rings (SSSR count). The van der Waals surface area contributed by atoms with Crippen LogP contribution in [0.1, 0.15) is 21.7 Å². The third-order valence-electron chi connectivity index (χ3n) is 4.76. The molecule has 0 aliphatic heterocycles. The molecule has 5 aromatic rings. The van der Waals surface area contributed by atoms with E-state index in [1.807, 2.05) is 54.6 Å². The molecule has 1 amide bonds. The van der Waals surface area contributed by atoms with E-state index < -0.39 is 0 Å². The van der Waals surface area contributed by atoms with E-state index in [0.717, 1.165) is 21.7 Å². The number of hydrogen-bond donors (Lipinski definition) is 2. The number of anilines is 1. The van der Waals surface area contributed by atoms with Gasteiger partial charge in [-0.15, -0.1) is 16.9 Å². The lowest BCUT2D eigenvalue weighted by Gasteiger charge is -2.07. The summed E-state index contributed by atoms with van der Waals surface area (Å²) in [6.07, 6.45) is 3.24. The number of carbonyl (C=O) groups is 1. The molecular formula is C22H18N8OS. The summed E-state index contributed by atoms with van der Waals surface area (Å²) in [6, 6.07) is 17.2. The second-order valence-corrected chi connectivity index (χ2v) is 7.98. The van der Waals surface area contributed by atoms with Gasteiger partial charge in [-0.2, -0.15) is 15.0 Å². The van der Waals surface area contributed by atoms with Gasteiger partial charge in [0.15, 0.2) is 11.3 Å². The molecule has 0 fully saturated rings. The highest BCUT2D eigenvalue weighted by Gasteiger charge is 2.17. The molecular weight excluding hydrogens is 424 g/mol. The summed E-state index contributed by atoms with van der Waals surface area (Å²) >= 11 is 1.59. The topological polar surface area (TPSA) is 114 Å². The summed E-state index contributed by atoms with van der Waals surface area (Å²) in [5, 5.41) is 20.3. The molecule has 32 heavy (non-hydrogen) atoms. The molecule has 0 spiro atoms. The van der Waals surface area contributed by atoms with E-state index in [9.17, 15) is 4.79 Å². The number of fused-ring (bicyclic) bond motifs is 1. The SMILES string of the molecule is Cc1nn(-c2ccccc2)nc1C(=O)Nc1cccc(CSc2ncnc3[nH]ncc23)c1. The van der Waals surface area contributed by atoms with Crippen molar-refractivity contribution in [1.29, 1.82) is 0 Å². The molecule has 0 bridgehead atoms. The van der Waals surface area contributed by atoms with E-state index in [4.69, 9.17) is 0 Å². The number of para-hydroxylation sites is 1. The summed E-state index contributed by atoms with van der Waals surface area (Å²) in [6.45, 7) is 1.77. The molecule has 0 aliphatic carbocycles. The lowest BCUT2D eigenvalue weighted by Crippen LogP contribution is -2.14. The Morgan fingerprint density at radius 1 is 1.09 bits per heavy atom. The summed E-state index contributed by atoms with van der Waals surface area (Å²) in [7, 11) is 0. The smallest absolute Gasteiger partial charge is 0.278 e. The number of nitrogens with one attached hydrogen (secondary N) is 2. The van der Waals surface area contributed by atoms with Gasteiger partial charge in [0.05, 0.1) is 23.0 Å². The van der Waals surface area contributed by atoms with E-state index in [0.29, 0.717) is 22.8 Å². The number of carbonyl (C=O) groups excluding carboxylic acids is 1. The van der Waals surface area contributed by atoms with Crippen LogP contribution in [0.5, 0.6) is 0 Å². The maximum absolute atomic E-state index is 12.8. The van der Waals surface area contributed by atoms with Gasteiger partial charge in [-0.05, 0) is 36.8 Å². The van der Waals surface area contributed by atoms with Crippen LogP contribution in [-0.4, -0.2) is 41.1 Å². The van der Waals surface area contributed by atoms with Gasteiger partial charge < -0.3 is 5.32 Å². The zero-order chi connectivity index (χ0) is 21.9. The fraction of sp³-hybridized carbons (Fsp3) is 0.0909. The second kappa shape index (κ2) is 8.60. The van der Waals surface area contributed by atoms with E-state index >= 15 is 0 Å². The molecule has 0 radical (unpaired) electrons. The maximum Gasteiger partial charge on any atom is 0.278 e. The van der Waals surface area contributed by atoms with Crippen LogP contribution in [0, 0.1) is 6.92 Å². The third kappa shape index (κ3) is 4.08. The zero-order valence-corrected chi connectivity index (χ0v) is 17.9. The summed E-state index contributed by atoms with van der Waals surface area (Å²) in [5.74, 6) is 0.384. The summed E-state index contributed by atoms with van der Waals surface area (Å²) < 4.78 is 0. The highest BCUT2D eigenvalue weighted by Crippen LogP contribution is 2.27. The minimum absolute atomic E-state index is 0.289. The van der Waals surface area contributed by atoms with Crippen molar-refractivity contribution in [2.45, 2.75) is 17.7 Å². The monoisotopic (exact) mass is 442 g/mol. The van der Waals surface area contributed by atoms with Gasteiger partial charge >= 0.3 is 0 Å². The van der Waals surface area contributed by atoms with Crippen molar-refractivity contribution in [3.63, 3.8) is 0 Å². The molecule has 0 unspecified atom stereocenters. The second-order valence-electron chi connectivity index (χ2n) is 7.01. The number of nitrogens with zero attached hydrogens (tertiary/aromatic N) is 6. The average Bonchev–Trinajstić information content (AvgIpc) is 3.45. The van der Waals surface area contributed by atoms with Gasteiger partial charge in [0.25, 0.3) is 5.91 Å². The minimum atomic E-state index is -0.301. The first-order chi connectivity index (χ1) is 15.7. The fourth-order valence-electron chi connectivity index (χ4n) is 3.20. The Morgan fingerprint density at radius 2 is 1.97 bits per heavy atom.